The molecule has 1 N–H and O–H groups in total. The number of hydrogen-bond donors (Lipinski definition) is 1. The minimum absolute atomic E-state index is 0.114. The molecular weight excluding hydrogens is 492 g/mol. The molecule has 0 bridgehead atoms. The molecule has 214 valence electrons. The molecule has 4 rings (SSSR count). The zero-order valence-electron chi connectivity index (χ0n) is 24.2. The lowest BCUT2D eigenvalue weighted by atomic mass is 9.88. The maximum absolute atomic E-state index is 13.7. The van der Waals surface area contributed by atoms with Gasteiger partial charge in [-0.15, -0.1) is 0 Å². The predicted molar refractivity (Wildman–Crippen MR) is 154 cm³/mol. The molecule has 2 aromatic carbocycles. The highest BCUT2D eigenvalue weighted by Gasteiger charge is 2.33. The van der Waals surface area contributed by atoms with E-state index in [0.717, 1.165) is 53.4 Å². The fraction of sp³-hybridized carbons (Fsp3) is 0.594. The van der Waals surface area contributed by atoms with Crippen LogP contribution in [-0.4, -0.2) is 56.4 Å². The molecule has 1 heterocycles. The number of ether oxygens (including phenoxy) is 4. The molecule has 1 amide bonds. The highest BCUT2D eigenvalue weighted by atomic mass is 16.5. The Morgan fingerprint density at radius 1 is 0.821 bits per heavy atom. The Kier molecular flexibility index (Phi) is 10.8. The number of hydrogen-bond acceptors (Lipinski definition) is 6. The standard InChI is InChI=1S/C32H46N2O5/c1-5-36-28-15-14-23(19-29(28)37-6-2)18-27-26-21-31(39-8-4)30(38-7-3)20-24(26)16-17-34(27)32(35)22-33-25-12-10-9-11-13-25/h14-15,19-21,25,27,33H,5-13,16-18,22H2,1-4H3/t27-/m1/s1. The van der Waals surface area contributed by atoms with Crippen LogP contribution in [0.5, 0.6) is 23.0 Å². The smallest absolute Gasteiger partial charge is 0.237 e. The first kappa shape index (κ1) is 29.1. The third-order valence-corrected chi connectivity index (χ3v) is 7.67. The van der Waals surface area contributed by atoms with Crippen LogP contribution in [-0.2, 0) is 17.6 Å². The van der Waals surface area contributed by atoms with Crippen molar-refractivity contribution in [3.8, 4) is 23.0 Å². The molecule has 39 heavy (non-hydrogen) atoms. The van der Waals surface area contributed by atoms with Gasteiger partial charge in [0.15, 0.2) is 23.0 Å². The average Bonchev–Trinajstić information content (AvgIpc) is 2.95. The van der Waals surface area contributed by atoms with Crippen molar-refractivity contribution in [1.82, 2.24) is 10.2 Å². The molecule has 0 radical (unpaired) electrons. The molecule has 0 aromatic heterocycles. The summed E-state index contributed by atoms with van der Waals surface area (Å²) in [6, 6.07) is 10.7. The van der Waals surface area contributed by atoms with Crippen LogP contribution in [0.4, 0.5) is 0 Å². The van der Waals surface area contributed by atoms with Gasteiger partial charge < -0.3 is 29.2 Å². The quantitative estimate of drug-likeness (QED) is 0.344. The molecule has 1 aliphatic carbocycles. The molecule has 1 atom stereocenters. The summed E-state index contributed by atoms with van der Waals surface area (Å²) in [5.74, 6) is 3.15. The highest BCUT2D eigenvalue weighted by Crippen LogP contribution is 2.41. The Morgan fingerprint density at radius 3 is 2.10 bits per heavy atom. The van der Waals surface area contributed by atoms with E-state index in [9.17, 15) is 4.79 Å². The van der Waals surface area contributed by atoms with Crippen molar-refractivity contribution in [3.63, 3.8) is 0 Å². The van der Waals surface area contributed by atoms with Gasteiger partial charge in [0.1, 0.15) is 0 Å². The largest absolute Gasteiger partial charge is 0.490 e. The molecule has 7 heteroatoms. The number of amides is 1. The molecule has 7 nitrogen and oxygen atoms in total. The maximum Gasteiger partial charge on any atom is 0.237 e. The van der Waals surface area contributed by atoms with Crippen molar-refractivity contribution >= 4 is 5.91 Å². The normalized spacial score (nSPS) is 17.4. The fourth-order valence-corrected chi connectivity index (χ4v) is 5.85. The van der Waals surface area contributed by atoms with E-state index < -0.39 is 0 Å². The van der Waals surface area contributed by atoms with E-state index in [-0.39, 0.29) is 11.9 Å². The van der Waals surface area contributed by atoms with Crippen molar-refractivity contribution in [2.75, 3.05) is 39.5 Å². The van der Waals surface area contributed by atoms with Crippen LogP contribution in [0.3, 0.4) is 0 Å². The van der Waals surface area contributed by atoms with Gasteiger partial charge in [-0.2, -0.15) is 0 Å². The van der Waals surface area contributed by atoms with E-state index in [0.29, 0.717) is 52.0 Å². The van der Waals surface area contributed by atoms with Gasteiger partial charge in [0.2, 0.25) is 5.91 Å². The highest BCUT2D eigenvalue weighted by molar-refractivity contribution is 5.79. The van der Waals surface area contributed by atoms with Gasteiger partial charge in [-0.05, 0) is 94.3 Å². The molecular formula is C32H46N2O5. The summed E-state index contributed by atoms with van der Waals surface area (Å²) in [5.41, 5.74) is 3.45. The third-order valence-electron chi connectivity index (χ3n) is 7.67. The number of fused-ring (bicyclic) bond motifs is 1. The summed E-state index contributed by atoms with van der Waals surface area (Å²) < 4.78 is 23.6. The lowest BCUT2D eigenvalue weighted by Gasteiger charge is -2.38. The molecule has 2 aromatic rings. The third kappa shape index (κ3) is 7.38. The monoisotopic (exact) mass is 538 g/mol. The molecule has 0 saturated heterocycles. The number of rotatable bonds is 13. The topological polar surface area (TPSA) is 69.3 Å². The van der Waals surface area contributed by atoms with Gasteiger partial charge in [-0.3, -0.25) is 4.79 Å². The van der Waals surface area contributed by atoms with Gasteiger partial charge >= 0.3 is 0 Å². The zero-order chi connectivity index (χ0) is 27.6. The molecule has 2 aliphatic rings. The Morgan fingerprint density at radius 2 is 1.44 bits per heavy atom. The first-order chi connectivity index (χ1) is 19.1. The second kappa shape index (κ2) is 14.5. The summed E-state index contributed by atoms with van der Waals surface area (Å²) >= 11 is 0. The van der Waals surface area contributed by atoms with E-state index in [1.807, 2.05) is 33.8 Å². The van der Waals surface area contributed by atoms with Gasteiger partial charge in [0, 0.05) is 12.6 Å². The summed E-state index contributed by atoms with van der Waals surface area (Å²) in [6.45, 7) is 11.2. The fourth-order valence-electron chi connectivity index (χ4n) is 5.85. The number of nitrogens with one attached hydrogen (secondary N) is 1. The van der Waals surface area contributed by atoms with Crippen LogP contribution in [0.15, 0.2) is 30.3 Å². The van der Waals surface area contributed by atoms with Gasteiger partial charge in [-0.1, -0.05) is 25.3 Å². The molecule has 0 spiro atoms. The van der Waals surface area contributed by atoms with E-state index >= 15 is 0 Å². The van der Waals surface area contributed by atoms with Crippen LogP contribution < -0.4 is 24.3 Å². The second-order valence-electron chi connectivity index (χ2n) is 10.3. The molecule has 1 saturated carbocycles. The van der Waals surface area contributed by atoms with Gasteiger partial charge in [0.05, 0.1) is 39.0 Å². The molecule has 1 aliphatic heterocycles. The van der Waals surface area contributed by atoms with Crippen LogP contribution >= 0.6 is 0 Å². The SMILES string of the molecule is CCOc1ccc(C[C@@H]2c3cc(OCC)c(OCC)cc3CCN2C(=O)CNC2CCCCC2)cc1OCC. The van der Waals surface area contributed by atoms with E-state index in [2.05, 4.69) is 34.5 Å². The summed E-state index contributed by atoms with van der Waals surface area (Å²) in [4.78, 5) is 15.8. The lowest BCUT2D eigenvalue weighted by Crippen LogP contribution is -2.46. The van der Waals surface area contributed by atoms with E-state index in [4.69, 9.17) is 18.9 Å². The second-order valence-corrected chi connectivity index (χ2v) is 10.3. The van der Waals surface area contributed by atoms with Crippen LogP contribution in [0.1, 0.15) is 82.5 Å². The van der Waals surface area contributed by atoms with Crippen LogP contribution in [0.25, 0.3) is 0 Å². The lowest BCUT2D eigenvalue weighted by molar-refractivity contribution is -0.133. The van der Waals surface area contributed by atoms with Crippen LogP contribution in [0.2, 0.25) is 0 Å². The Balaban J connectivity index is 1.65. The van der Waals surface area contributed by atoms with Gasteiger partial charge in [0.25, 0.3) is 0 Å². The van der Waals surface area contributed by atoms with E-state index in [1.165, 1.54) is 24.8 Å². The molecule has 0 unspecified atom stereocenters. The summed E-state index contributed by atoms with van der Waals surface area (Å²) in [5, 5.41) is 3.56. The number of nitrogens with zero attached hydrogens (tertiary/aromatic N) is 1. The first-order valence-electron chi connectivity index (χ1n) is 14.9. The van der Waals surface area contributed by atoms with Crippen LogP contribution in [0, 0.1) is 0 Å². The van der Waals surface area contributed by atoms with Crippen molar-refractivity contribution in [2.45, 2.75) is 84.7 Å². The van der Waals surface area contributed by atoms with Crippen molar-refractivity contribution in [2.24, 2.45) is 0 Å². The number of carbonyl (C=O) groups excluding carboxylic acids is 1. The predicted octanol–water partition coefficient (Wildman–Crippen LogP) is 5.87. The van der Waals surface area contributed by atoms with Crippen molar-refractivity contribution in [3.05, 3.63) is 47.0 Å². The van der Waals surface area contributed by atoms with E-state index in [1.54, 1.807) is 0 Å². The minimum atomic E-state index is -0.114. The summed E-state index contributed by atoms with van der Waals surface area (Å²) in [6.07, 6.45) is 7.57. The number of benzene rings is 2. The maximum atomic E-state index is 13.7. The zero-order valence-corrected chi connectivity index (χ0v) is 24.2. The average molecular weight is 539 g/mol. The Hall–Kier alpha value is -2.93. The van der Waals surface area contributed by atoms with Gasteiger partial charge in [-0.25, -0.2) is 0 Å². The summed E-state index contributed by atoms with van der Waals surface area (Å²) in [7, 11) is 0. The Bertz CT molecular complexity index is 1080. The van der Waals surface area contributed by atoms with Crippen molar-refractivity contribution in [1.29, 1.82) is 0 Å². The number of carbonyl (C=O) groups is 1. The Labute approximate surface area is 234 Å². The first-order valence-corrected chi connectivity index (χ1v) is 14.9. The van der Waals surface area contributed by atoms with Crippen molar-refractivity contribution < 1.29 is 23.7 Å². The minimum Gasteiger partial charge on any atom is -0.490 e. The molecule has 1 fully saturated rings.